The minimum atomic E-state index is -0.652. The Morgan fingerprint density at radius 3 is 2.81 bits per heavy atom. The number of hydrogen-bond acceptors (Lipinski definition) is 4. The Morgan fingerprint density at radius 1 is 1.48 bits per heavy atom. The number of amides is 1. The molecule has 118 valence electrons. The molecule has 1 unspecified atom stereocenters. The van der Waals surface area contributed by atoms with E-state index < -0.39 is 6.10 Å². The first-order chi connectivity index (χ1) is 10.2. The summed E-state index contributed by atoms with van der Waals surface area (Å²) < 4.78 is 2.03. The maximum absolute atomic E-state index is 12.2. The second kappa shape index (κ2) is 7.56. The highest BCUT2D eigenvalue weighted by Crippen LogP contribution is 2.21. The Kier molecular flexibility index (Phi) is 5.76. The molecule has 6 nitrogen and oxygen atoms in total. The predicted octanol–water partition coefficient (Wildman–Crippen LogP) is 0.427. The summed E-state index contributed by atoms with van der Waals surface area (Å²) in [4.78, 5) is 18.3. The van der Waals surface area contributed by atoms with Crippen molar-refractivity contribution in [1.82, 2.24) is 14.5 Å². The van der Waals surface area contributed by atoms with Gasteiger partial charge in [0.05, 0.1) is 12.7 Å². The molecule has 1 aliphatic rings. The van der Waals surface area contributed by atoms with Crippen LogP contribution in [0.3, 0.4) is 0 Å². The molecule has 0 aromatic carbocycles. The van der Waals surface area contributed by atoms with Gasteiger partial charge in [0.15, 0.2) is 0 Å². The molecule has 1 aliphatic heterocycles. The number of carbonyl (C=O) groups is 1. The maximum Gasteiger partial charge on any atom is 0.224 e. The molecule has 0 aliphatic carbocycles. The first kappa shape index (κ1) is 16.0. The lowest BCUT2D eigenvalue weighted by Crippen LogP contribution is -2.42. The van der Waals surface area contributed by atoms with Crippen molar-refractivity contribution in [3.8, 4) is 0 Å². The zero-order chi connectivity index (χ0) is 15.2. The highest BCUT2D eigenvalue weighted by molar-refractivity contribution is 5.76. The largest absolute Gasteiger partial charge is 0.394 e. The molecule has 1 aromatic rings. The molecule has 2 rings (SSSR count). The molecule has 1 fully saturated rings. The number of hydrogen-bond donors (Lipinski definition) is 2. The van der Waals surface area contributed by atoms with Gasteiger partial charge in [-0.3, -0.25) is 4.79 Å². The molecule has 21 heavy (non-hydrogen) atoms. The van der Waals surface area contributed by atoms with Crippen LogP contribution in [0.4, 0.5) is 0 Å². The van der Waals surface area contributed by atoms with Crippen molar-refractivity contribution in [2.24, 2.45) is 5.92 Å². The molecule has 2 N–H and O–H groups in total. The summed E-state index contributed by atoms with van der Waals surface area (Å²) in [7, 11) is 0. The van der Waals surface area contributed by atoms with Crippen molar-refractivity contribution in [2.75, 3.05) is 19.7 Å². The number of nitrogens with zero attached hydrogens (tertiary/aromatic N) is 3. The third-order valence-electron chi connectivity index (χ3n) is 4.31. The first-order valence-electron chi connectivity index (χ1n) is 7.72. The van der Waals surface area contributed by atoms with E-state index in [0.29, 0.717) is 26.1 Å². The average molecular weight is 295 g/mol. The van der Waals surface area contributed by atoms with E-state index in [1.165, 1.54) is 0 Å². The van der Waals surface area contributed by atoms with Crippen LogP contribution in [0.15, 0.2) is 12.4 Å². The van der Waals surface area contributed by atoms with Gasteiger partial charge in [-0.25, -0.2) is 4.98 Å². The Labute approximate surface area is 125 Å². The fraction of sp³-hybridized carbons (Fsp3) is 0.733. The van der Waals surface area contributed by atoms with Crippen LogP contribution < -0.4 is 0 Å². The van der Waals surface area contributed by atoms with Gasteiger partial charge < -0.3 is 19.7 Å². The van der Waals surface area contributed by atoms with Crippen LogP contribution in [0.25, 0.3) is 0 Å². The fourth-order valence-electron chi connectivity index (χ4n) is 2.91. The second-order valence-electron chi connectivity index (χ2n) is 5.61. The maximum atomic E-state index is 12.2. The van der Waals surface area contributed by atoms with Gasteiger partial charge in [0.25, 0.3) is 0 Å². The first-order valence-corrected chi connectivity index (χ1v) is 7.72. The normalized spacial score (nSPS) is 18.0. The van der Waals surface area contributed by atoms with Crippen LogP contribution in [0.5, 0.6) is 0 Å². The average Bonchev–Trinajstić information content (AvgIpc) is 2.99. The standard InChI is InChI=1S/C15H25N3O3/c1-2-14-16-6-10-17(14)9-5-15(21)18-7-3-12(4-8-18)13(20)11-19/h6,10,12-13,19-20H,2-5,7-9,11H2,1H3. The SMILES string of the molecule is CCc1nccn1CCC(=O)N1CCC(C(O)CO)CC1. The van der Waals surface area contributed by atoms with E-state index in [1.807, 2.05) is 15.7 Å². The highest BCUT2D eigenvalue weighted by atomic mass is 16.3. The predicted molar refractivity (Wildman–Crippen MR) is 78.6 cm³/mol. The highest BCUT2D eigenvalue weighted by Gasteiger charge is 2.26. The van der Waals surface area contributed by atoms with E-state index in [-0.39, 0.29) is 18.4 Å². The fourth-order valence-corrected chi connectivity index (χ4v) is 2.91. The van der Waals surface area contributed by atoms with Crippen molar-refractivity contribution < 1.29 is 15.0 Å². The summed E-state index contributed by atoms with van der Waals surface area (Å²) in [5.74, 6) is 1.27. The molecule has 0 saturated carbocycles. The van der Waals surface area contributed by atoms with E-state index in [4.69, 9.17) is 5.11 Å². The third kappa shape index (κ3) is 4.04. The van der Waals surface area contributed by atoms with Gasteiger partial charge in [-0.15, -0.1) is 0 Å². The molecule has 0 spiro atoms. The summed E-state index contributed by atoms with van der Waals surface area (Å²) >= 11 is 0. The number of aromatic nitrogens is 2. The lowest BCUT2D eigenvalue weighted by atomic mass is 9.91. The number of carbonyl (C=O) groups excluding carboxylic acids is 1. The zero-order valence-electron chi connectivity index (χ0n) is 12.6. The second-order valence-corrected chi connectivity index (χ2v) is 5.61. The molecule has 0 radical (unpaired) electrons. The van der Waals surface area contributed by atoms with Crippen LogP contribution in [0, 0.1) is 5.92 Å². The van der Waals surface area contributed by atoms with Crippen molar-refractivity contribution in [2.45, 2.75) is 45.3 Å². The smallest absolute Gasteiger partial charge is 0.224 e. The van der Waals surface area contributed by atoms with Crippen LogP contribution in [0.2, 0.25) is 0 Å². The van der Waals surface area contributed by atoms with Crippen LogP contribution in [-0.2, 0) is 17.8 Å². The number of aliphatic hydroxyl groups is 2. The van der Waals surface area contributed by atoms with Crippen LogP contribution in [-0.4, -0.2) is 56.4 Å². The van der Waals surface area contributed by atoms with Crippen LogP contribution in [0.1, 0.15) is 32.0 Å². The van der Waals surface area contributed by atoms with Crippen molar-refractivity contribution in [3.63, 3.8) is 0 Å². The topological polar surface area (TPSA) is 78.6 Å². The van der Waals surface area contributed by atoms with E-state index in [2.05, 4.69) is 11.9 Å². The molecule has 0 bridgehead atoms. The third-order valence-corrected chi connectivity index (χ3v) is 4.31. The monoisotopic (exact) mass is 295 g/mol. The molecule has 1 amide bonds. The number of piperidine rings is 1. The number of aliphatic hydroxyl groups excluding tert-OH is 2. The molecule has 1 aromatic heterocycles. The van der Waals surface area contributed by atoms with Crippen molar-refractivity contribution in [3.05, 3.63) is 18.2 Å². The van der Waals surface area contributed by atoms with E-state index in [1.54, 1.807) is 6.20 Å². The van der Waals surface area contributed by atoms with Crippen LogP contribution >= 0.6 is 0 Å². The van der Waals surface area contributed by atoms with E-state index >= 15 is 0 Å². The lowest BCUT2D eigenvalue weighted by molar-refractivity contribution is -0.133. The number of imidazole rings is 1. The summed E-state index contributed by atoms with van der Waals surface area (Å²) in [6.07, 6.45) is 5.90. The molecule has 1 saturated heterocycles. The minimum Gasteiger partial charge on any atom is -0.394 e. The van der Waals surface area contributed by atoms with Gasteiger partial charge in [0.1, 0.15) is 5.82 Å². The molecular formula is C15H25N3O3. The Morgan fingerprint density at radius 2 is 2.19 bits per heavy atom. The summed E-state index contributed by atoms with van der Waals surface area (Å²) in [5, 5.41) is 18.6. The van der Waals surface area contributed by atoms with Gasteiger partial charge in [0.2, 0.25) is 5.91 Å². The Balaban J connectivity index is 1.77. The van der Waals surface area contributed by atoms with Gasteiger partial charge in [-0.1, -0.05) is 6.92 Å². The van der Waals surface area contributed by atoms with Gasteiger partial charge in [0, 0.05) is 44.9 Å². The van der Waals surface area contributed by atoms with Gasteiger partial charge in [-0.05, 0) is 18.8 Å². The van der Waals surface area contributed by atoms with E-state index in [9.17, 15) is 9.90 Å². The molecule has 2 heterocycles. The molecule has 6 heteroatoms. The molecular weight excluding hydrogens is 270 g/mol. The van der Waals surface area contributed by atoms with Crippen molar-refractivity contribution >= 4 is 5.91 Å². The molecule has 1 atom stereocenters. The number of rotatable bonds is 6. The number of likely N-dealkylation sites (tertiary alicyclic amines) is 1. The van der Waals surface area contributed by atoms with Crippen molar-refractivity contribution in [1.29, 1.82) is 0 Å². The van der Waals surface area contributed by atoms with Gasteiger partial charge in [-0.2, -0.15) is 0 Å². The Hall–Kier alpha value is -1.40. The number of aryl methyl sites for hydroxylation is 2. The zero-order valence-corrected chi connectivity index (χ0v) is 12.6. The van der Waals surface area contributed by atoms with E-state index in [0.717, 1.165) is 25.1 Å². The minimum absolute atomic E-state index is 0.111. The lowest BCUT2D eigenvalue weighted by Gasteiger charge is -2.33. The Bertz CT molecular complexity index is 453. The summed E-state index contributed by atoms with van der Waals surface area (Å²) in [5.41, 5.74) is 0. The van der Waals surface area contributed by atoms with Gasteiger partial charge >= 0.3 is 0 Å². The quantitative estimate of drug-likeness (QED) is 0.797. The summed E-state index contributed by atoms with van der Waals surface area (Å²) in [6, 6.07) is 0. The summed E-state index contributed by atoms with van der Waals surface area (Å²) in [6.45, 7) is 3.87.